The maximum absolute atomic E-state index is 11.9. The smallest absolute Gasteiger partial charge is 0.410 e. The number of carboxylic acids is 1. The molecule has 1 heterocycles. The highest BCUT2D eigenvalue weighted by Crippen LogP contribution is 2.53. The van der Waals surface area contributed by atoms with Crippen LogP contribution < -0.4 is 5.73 Å². The molecule has 0 aromatic rings. The first kappa shape index (κ1) is 13.1. The van der Waals surface area contributed by atoms with Crippen molar-refractivity contribution >= 4 is 12.1 Å². The van der Waals surface area contributed by atoms with E-state index >= 15 is 0 Å². The van der Waals surface area contributed by atoms with Crippen LogP contribution in [0.1, 0.15) is 27.2 Å². The summed E-state index contributed by atoms with van der Waals surface area (Å²) in [5, 5.41) is 9.09. The summed E-state index contributed by atoms with van der Waals surface area (Å²) in [4.78, 5) is 24.5. The zero-order chi connectivity index (χ0) is 13.7. The molecule has 0 spiro atoms. The first-order chi connectivity index (χ1) is 8.16. The van der Waals surface area contributed by atoms with Gasteiger partial charge in [-0.1, -0.05) is 0 Å². The van der Waals surface area contributed by atoms with Crippen LogP contribution in [-0.4, -0.2) is 46.3 Å². The lowest BCUT2D eigenvalue weighted by Crippen LogP contribution is -2.41. The highest BCUT2D eigenvalue weighted by molar-refractivity contribution is 5.84. The molecule has 3 N–H and O–H groups in total. The lowest BCUT2D eigenvalue weighted by atomic mass is 10.1. The zero-order valence-electron chi connectivity index (χ0n) is 11.0. The first-order valence-electron chi connectivity index (χ1n) is 6.16. The number of carboxylic acid groups (broad SMARTS) is 1. The van der Waals surface area contributed by atoms with E-state index in [1.54, 1.807) is 25.7 Å². The zero-order valence-corrected chi connectivity index (χ0v) is 11.0. The minimum atomic E-state index is -1.14. The van der Waals surface area contributed by atoms with Crippen LogP contribution in [0.4, 0.5) is 4.79 Å². The Labute approximate surface area is 106 Å². The molecule has 0 aromatic carbocycles. The van der Waals surface area contributed by atoms with E-state index in [2.05, 4.69) is 0 Å². The van der Waals surface area contributed by atoms with Gasteiger partial charge in [-0.2, -0.15) is 0 Å². The van der Waals surface area contributed by atoms with Gasteiger partial charge in [0, 0.05) is 19.0 Å². The minimum absolute atomic E-state index is 0.00585. The summed E-state index contributed by atoms with van der Waals surface area (Å²) in [5.74, 6) is -1.12. The number of nitrogens with two attached hydrogens (primary N) is 1. The van der Waals surface area contributed by atoms with Crippen LogP contribution in [0.25, 0.3) is 0 Å². The summed E-state index contributed by atoms with van der Waals surface area (Å²) in [6.07, 6.45) is 0.243. The number of piperidine rings is 1. The van der Waals surface area contributed by atoms with Crippen LogP contribution in [0, 0.1) is 11.8 Å². The number of likely N-dealkylation sites (tertiary alicyclic amines) is 1. The molecule has 2 rings (SSSR count). The summed E-state index contributed by atoms with van der Waals surface area (Å²) in [6.45, 7) is 6.31. The summed E-state index contributed by atoms with van der Waals surface area (Å²) in [7, 11) is 0. The molecule has 1 amide bonds. The third-order valence-electron chi connectivity index (χ3n) is 3.75. The molecule has 1 saturated heterocycles. The molecular formula is C12H20N2O4. The van der Waals surface area contributed by atoms with Crippen LogP contribution >= 0.6 is 0 Å². The van der Waals surface area contributed by atoms with Gasteiger partial charge in [0.15, 0.2) is 0 Å². The maximum atomic E-state index is 11.9. The number of aliphatic carboxylic acids is 1. The Kier molecular flexibility index (Phi) is 2.81. The largest absolute Gasteiger partial charge is 0.480 e. The van der Waals surface area contributed by atoms with E-state index in [1.807, 2.05) is 0 Å². The number of hydrogen-bond donors (Lipinski definition) is 2. The van der Waals surface area contributed by atoms with Gasteiger partial charge in [-0.25, -0.2) is 4.79 Å². The minimum Gasteiger partial charge on any atom is -0.480 e. The SMILES string of the molecule is CC(C)(C)OC(=O)N1CCC2C(C1)C2(N)C(=O)O. The number of amides is 1. The number of carbonyl (C=O) groups is 2. The maximum Gasteiger partial charge on any atom is 0.410 e. The normalized spacial score (nSPS) is 34.8. The average molecular weight is 256 g/mol. The van der Waals surface area contributed by atoms with E-state index in [0.29, 0.717) is 19.5 Å². The first-order valence-corrected chi connectivity index (χ1v) is 6.16. The number of nitrogens with zero attached hydrogens (tertiary/aromatic N) is 1. The standard InChI is InChI=1S/C12H20N2O4/c1-11(2,3)18-10(17)14-5-4-7-8(6-14)12(7,13)9(15)16/h7-8H,4-6,13H2,1-3H3,(H,15,16). The Morgan fingerprint density at radius 3 is 2.50 bits per heavy atom. The molecule has 0 radical (unpaired) electrons. The quantitative estimate of drug-likeness (QED) is 0.718. The van der Waals surface area contributed by atoms with Crippen LogP contribution in [0.3, 0.4) is 0 Å². The van der Waals surface area contributed by atoms with Gasteiger partial charge in [-0.05, 0) is 33.1 Å². The molecule has 0 bridgehead atoms. The molecule has 1 aliphatic heterocycles. The second-order valence-corrected chi connectivity index (χ2v) is 6.17. The predicted octanol–water partition coefficient (Wildman–Crippen LogP) is 0.655. The second-order valence-electron chi connectivity index (χ2n) is 6.17. The van der Waals surface area contributed by atoms with Crippen molar-refractivity contribution in [1.82, 2.24) is 4.90 Å². The van der Waals surface area contributed by atoms with E-state index in [1.165, 1.54) is 0 Å². The highest BCUT2D eigenvalue weighted by atomic mass is 16.6. The van der Waals surface area contributed by atoms with Gasteiger partial charge in [0.05, 0.1) is 0 Å². The number of hydrogen-bond acceptors (Lipinski definition) is 4. The van der Waals surface area contributed by atoms with Crippen molar-refractivity contribution in [3.63, 3.8) is 0 Å². The van der Waals surface area contributed by atoms with E-state index in [0.717, 1.165) is 0 Å². The van der Waals surface area contributed by atoms with Gasteiger partial charge in [-0.3, -0.25) is 4.79 Å². The fourth-order valence-electron chi connectivity index (χ4n) is 2.71. The molecule has 3 unspecified atom stereocenters. The molecule has 2 aliphatic rings. The summed E-state index contributed by atoms with van der Waals surface area (Å²) < 4.78 is 5.27. The van der Waals surface area contributed by atoms with Gasteiger partial charge in [0.2, 0.25) is 0 Å². The Balaban J connectivity index is 1.97. The Bertz CT molecular complexity index is 390. The topological polar surface area (TPSA) is 92.9 Å². The third kappa shape index (κ3) is 2.05. The average Bonchev–Trinajstić information content (AvgIpc) is 2.83. The highest BCUT2D eigenvalue weighted by Gasteiger charge is 2.69. The fourth-order valence-corrected chi connectivity index (χ4v) is 2.71. The predicted molar refractivity (Wildman–Crippen MR) is 64.0 cm³/mol. The van der Waals surface area contributed by atoms with Crippen LogP contribution in [0.5, 0.6) is 0 Å². The van der Waals surface area contributed by atoms with Crippen molar-refractivity contribution in [3.05, 3.63) is 0 Å². The van der Waals surface area contributed by atoms with Gasteiger partial charge < -0.3 is 20.5 Å². The van der Waals surface area contributed by atoms with Crippen molar-refractivity contribution in [1.29, 1.82) is 0 Å². The van der Waals surface area contributed by atoms with Crippen LogP contribution in [-0.2, 0) is 9.53 Å². The van der Waals surface area contributed by atoms with Gasteiger partial charge >= 0.3 is 12.1 Å². The monoisotopic (exact) mass is 256 g/mol. The van der Waals surface area contributed by atoms with Gasteiger partial charge in [-0.15, -0.1) is 0 Å². The number of fused-ring (bicyclic) bond motifs is 1. The second kappa shape index (κ2) is 3.85. The fraction of sp³-hybridized carbons (Fsp3) is 0.833. The van der Waals surface area contributed by atoms with Crippen molar-refractivity contribution < 1.29 is 19.4 Å². The molecule has 6 nitrogen and oxygen atoms in total. The summed E-state index contributed by atoms with van der Waals surface area (Å²) in [5.41, 5.74) is 4.17. The van der Waals surface area contributed by atoms with Gasteiger partial charge in [0.25, 0.3) is 0 Å². The summed E-state index contributed by atoms with van der Waals surface area (Å²) in [6, 6.07) is 0. The number of rotatable bonds is 1. The number of ether oxygens (including phenoxy) is 1. The third-order valence-corrected chi connectivity index (χ3v) is 3.75. The molecule has 6 heteroatoms. The Morgan fingerprint density at radius 1 is 1.39 bits per heavy atom. The molecule has 3 atom stereocenters. The Hall–Kier alpha value is -1.30. The van der Waals surface area contributed by atoms with Crippen molar-refractivity contribution in [2.24, 2.45) is 17.6 Å². The molecule has 18 heavy (non-hydrogen) atoms. The Morgan fingerprint density at radius 2 is 2.00 bits per heavy atom. The van der Waals surface area contributed by atoms with E-state index in [9.17, 15) is 9.59 Å². The molecule has 1 aliphatic carbocycles. The van der Waals surface area contributed by atoms with Crippen molar-refractivity contribution in [2.45, 2.75) is 38.3 Å². The van der Waals surface area contributed by atoms with Crippen molar-refractivity contribution in [3.8, 4) is 0 Å². The molecule has 102 valence electrons. The summed E-state index contributed by atoms with van der Waals surface area (Å²) >= 11 is 0. The molecule has 0 aromatic heterocycles. The molecule has 1 saturated carbocycles. The van der Waals surface area contributed by atoms with E-state index < -0.39 is 17.1 Å². The lowest BCUT2D eigenvalue weighted by Gasteiger charge is -2.29. The van der Waals surface area contributed by atoms with Crippen LogP contribution in [0.2, 0.25) is 0 Å². The van der Waals surface area contributed by atoms with Crippen molar-refractivity contribution in [2.75, 3.05) is 13.1 Å². The molecular weight excluding hydrogens is 236 g/mol. The number of carbonyl (C=O) groups excluding carboxylic acids is 1. The lowest BCUT2D eigenvalue weighted by molar-refractivity contribution is -0.140. The molecule has 2 fully saturated rings. The van der Waals surface area contributed by atoms with Gasteiger partial charge in [0.1, 0.15) is 11.1 Å². The van der Waals surface area contributed by atoms with E-state index in [4.69, 9.17) is 15.6 Å². The van der Waals surface area contributed by atoms with Crippen LogP contribution in [0.15, 0.2) is 0 Å². The van der Waals surface area contributed by atoms with E-state index in [-0.39, 0.29) is 17.9 Å².